The standard InChI is InChI=1S/C14H18N4O/c1-18(2)10-13(11-6-4-3-5-7-11)17-14(19)12-8-15-16-9-12/h3-9,13H,10H2,1-2H3,(H,15,16)(H,17,19). The van der Waals surface area contributed by atoms with Crippen molar-refractivity contribution in [1.29, 1.82) is 0 Å². The Morgan fingerprint density at radius 2 is 2.11 bits per heavy atom. The van der Waals surface area contributed by atoms with E-state index >= 15 is 0 Å². The molecule has 1 aromatic carbocycles. The number of nitrogens with zero attached hydrogens (tertiary/aromatic N) is 2. The zero-order chi connectivity index (χ0) is 13.7. The van der Waals surface area contributed by atoms with E-state index in [0.29, 0.717) is 5.56 Å². The van der Waals surface area contributed by atoms with Crippen LogP contribution in [0.1, 0.15) is 22.0 Å². The normalized spacial score (nSPS) is 12.4. The monoisotopic (exact) mass is 258 g/mol. The van der Waals surface area contributed by atoms with Crippen molar-refractivity contribution in [3.63, 3.8) is 0 Å². The maximum Gasteiger partial charge on any atom is 0.254 e. The molecule has 1 heterocycles. The molecule has 0 aliphatic heterocycles. The molecule has 2 aromatic rings. The van der Waals surface area contributed by atoms with Gasteiger partial charge in [-0.1, -0.05) is 30.3 Å². The molecule has 1 unspecified atom stereocenters. The van der Waals surface area contributed by atoms with Crippen LogP contribution in [0.4, 0.5) is 0 Å². The first-order valence-corrected chi connectivity index (χ1v) is 6.16. The summed E-state index contributed by atoms with van der Waals surface area (Å²) < 4.78 is 0. The number of nitrogens with one attached hydrogen (secondary N) is 2. The molecule has 5 nitrogen and oxygen atoms in total. The second-order valence-corrected chi connectivity index (χ2v) is 4.69. The van der Waals surface area contributed by atoms with Gasteiger partial charge in [-0.3, -0.25) is 9.89 Å². The topological polar surface area (TPSA) is 61.0 Å². The summed E-state index contributed by atoms with van der Waals surface area (Å²) in [5.74, 6) is -0.121. The van der Waals surface area contributed by atoms with Crippen molar-refractivity contribution in [1.82, 2.24) is 20.4 Å². The highest BCUT2D eigenvalue weighted by Crippen LogP contribution is 2.14. The molecule has 0 aliphatic carbocycles. The predicted octanol–water partition coefficient (Wildman–Crippen LogP) is 1.44. The maximum absolute atomic E-state index is 12.1. The fraction of sp³-hybridized carbons (Fsp3) is 0.286. The number of carbonyl (C=O) groups excluding carboxylic acids is 1. The van der Waals surface area contributed by atoms with Crippen LogP contribution in [0.2, 0.25) is 0 Å². The van der Waals surface area contributed by atoms with Gasteiger partial charge in [-0.25, -0.2) is 0 Å². The van der Waals surface area contributed by atoms with Crippen molar-refractivity contribution in [2.24, 2.45) is 0 Å². The minimum atomic E-state index is -0.121. The van der Waals surface area contributed by atoms with Gasteiger partial charge in [-0.15, -0.1) is 0 Å². The fourth-order valence-electron chi connectivity index (χ4n) is 1.90. The van der Waals surface area contributed by atoms with Gasteiger partial charge in [-0.05, 0) is 19.7 Å². The van der Waals surface area contributed by atoms with Gasteiger partial charge < -0.3 is 10.2 Å². The Hall–Kier alpha value is -2.14. The highest BCUT2D eigenvalue weighted by molar-refractivity contribution is 5.93. The van der Waals surface area contributed by atoms with Crippen LogP contribution in [0.3, 0.4) is 0 Å². The number of benzene rings is 1. The number of H-pyrrole nitrogens is 1. The molecule has 0 saturated heterocycles. The largest absolute Gasteiger partial charge is 0.344 e. The lowest BCUT2D eigenvalue weighted by molar-refractivity contribution is 0.0930. The second kappa shape index (κ2) is 6.15. The molecule has 100 valence electrons. The van der Waals surface area contributed by atoms with Crippen molar-refractivity contribution in [3.8, 4) is 0 Å². The van der Waals surface area contributed by atoms with Crippen LogP contribution < -0.4 is 5.32 Å². The van der Waals surface area contributed by atoms with E-state index in [2.05, 4.69) is 15.5 Å². The second-order valence-electron chi connectivity index (χ2n) is 4.69. The van der Waals surface area contributed by atoms with Crippen LogP contribution in [0, 0.1) is 0 Å². The van der Waals surface area contributed by atoms with Crippen molar-refractivity contribution in [3.05, 3.63) is 53.9 Å². The Balaban J connectivity index is 2.13. The van der Waals surface area contributed by atoms with E-state index in [9.17, 15) is 4.79 Å². The zero-order valence-electron chi connectivity index (χ0n) is 11.1. The van der Waals surface area contributed by atoms with Gasteiger partial charge in [0.05, 0.1) is 17.8 Å². The Morgan fingerprint density at radius 1 is 1.37 bits per heavy atom. The molecule has 19 heavy (non-hydrogen) atoms. The van der Waals surface area contributed by atoms with E-state index in [4.69, 9.17) is 0 Å². The Kier molecular flexibility index (Phi) is 4.30. The number of hydrogen-bond donors (Lipinski definition) is 2. The SMILES string of the molecule is CN(C)CC(NC(=O)c1cn[nH]c1)c1ccccc1. The first kappa shape index (κ1) is 13.3. The summed E-state index contributed by atoms with van der Waals surface area (Å²) in [5.41, 5.74) is 1.63. The highest BCUT2D eigenvalue weighted by atomic mass is 16.1. The van der Waals surface area contributed by atoms with Crippen LogP contribution >= 0.6 is 0 Å². The molecule has 0 fully saturated rings. The zero-order valence-corrected chi connectivity index (χ0v) is 11.1. The van der Waals surface area contributed by atoms with Gasteiger partial charge >= 0.3 is 0 Å². The molecule has 0 aliphatic rings. The van der Waals surface area contributed by atoms with Gasteiger partial charge in [0.25, 0.3) is 5.91 Å². The molecule has 1 atom stereocenters. The number of hydrogen-bond acceptors (Lipinski definition) is 3. The summed E-state index contributed by atoms with van der Waals surface area (Å²) >= 11 is 0. The summed E-state index contributed by atoms with van der Waals surface area (Å²) in [5, 5.41) is 9.46. The number of aromatic nitrogens is 2. The van der Waals surface area contributed by atoms with Crippen LogP contribution in [0.25, 0.3) is 0 Å². The van der Waals surface area contributed by atoms with Crippen molar-refractivity contribution >= 4 is 5.91 Å². The van der Waals surface area contributed by atoms with Gasteiger partial charge in [0.1, 0.15) is 0 Å². The maximum atomic E-state index is 12.1. The third kappa shape index (κ3) is 3.66. The number of carbonyl (C=O) groups is 1. The van der Waals surface area contributed by atoms with E-state index < -0.39 is 0 Å². The average molecular weight is 258 g/mol. The molecular formula is C14H18N4O. The lowest BCUT2D eigenvalue weighted by Crippen LogP contribution is -2.35. The Labute approximate surface area is 112 Å². The summed E-state index contributed by atoms with van der Waals surface area (Å²) in [6, 6.07) is 9.91. The van der Waals surface area contributed by atoms with Crippen LogP contribution in [0.15, 0.2) is 42.7 Å². The third-order valence-corrected chi connectivity index (χ3v) is 2.82. The van der Waals surface area contributed by atoms with E-state index in [0.717, 1.165) is 12.1 Å². The summed E-state index contributed by atoms with van der Waals surface area (Å²) in [7, 11) is 3.97. The molecule has 2 rings (SSSR count). The first-order valence-electron chi connectivity index (χ1n) is 6.16. The summed E-state index contributed by atoms with van der Waals surface area (Å²) in [6.45, 7) is 0.744. The van der Waals surface area contributed by atoms with E-state index in [1.165, 1.54) is 6.20 Å². The van der Waals surface area contributed by atoms with E-state index in [-0.39, 0.29) is 11.9 Å². The molecule has 0 saturated carbocycles. The first-order chi connectivity index (χ1) is 9.16. The minimum Gasteiger partial charge on any atom is -0.344 e. The lowest BCUT2D eigenvalue weighted by atomic mass is 10.1. The molecule has 0 bridgehead atoms. The number of amides is 1. The average Bonchev–Trinajstić information content (AvgIpc) is 2.92. The Morgan fingerprint density at radius 3 is 2.68 bits per heavy atom. The quantitative estimate of drug-likeness (QED) is 0.853. The summed E-state index contributed by atoms with van der Waals surface area (Å²) in [6.07, 6.45) is 3.11. The molecule has 0 radical (unpaired) electrons. The molecular weight excluding hydrogens is 240 g/mol. The van der Waals surface area contributed by atoms with Gasteiger partial charge in [0, 0.05) is 12.7 Å². The van der Waals surface area contributed by atoms with Crippen LogP contribution in [-0.2, 0) is 0 Å². The van der Waals surface area contributed by atoms with Gasteiger partial charge in [0.15, 0.2) is 0 Å². The van der Waals surface area contributed by atoms with Gasteiger partial charge in [-0.2, -0.15) is 5.10 Å². The molecule has 1 amide bonds. The third-order valence-electron chi connectivity index (χ3n) is 2.82. The van der Waals surface area contributed by atoms with Crippen LogP contribution in [-0.4, -0.2) is 41.6 Å². The van der Waals surface area contributed by atoms with E-state index in [1.54, 1.807) is 6.20 Å². The number of likely N-dealkylation sites (N-methyl/N-ethyl adjacent to an activating group) is 1. The van der Waals surface area contributed by atoms with Crippen molar-refractivity contribution in [2.45, 2.75) is 6.04 Å². The minimum absolute atomic E-state index is 0.0430. The smallest absolute Gasteiger partial charge is 0.254 e. The predicted molar refractivity (Wildman–Crippen MR) is 73.8 cm³/mol. The van der Waals surface area contributed by atoms with Gasteiger partial charge in [0.2, 0.25) is 0 Å². The van der Waals surface area contributed by atoms with E-state index in [1.807, 2.05) is 49.3 Å². The Bertz CT molecular complexity index is 508. The molecule has 5 heteroatoms. The van der Waals surface area contributed by atoms with Crippen molar-refractivity contribution in [2.75, 3.05) is 20.6 Å². The highest BCUT2D eigenvalue weighted by Gasteiger charge is 2.16. The lowest BCUT2D eigenvalue weighted by Gasteiger charge is -2.22. The van der Waals surface area contributed by atoms with Crippen molar-refractivity contribution < 1.29 is 4.79 Å². The number of rotatable bonds is 5. The van der Waals surface area contributed by atoms with Crippen LogP contribution in [0.5, 0.6) is 0 Å². The molecule has 1 aromatic heterocycles. The fourth-order valence-corrected chi connectivity index (χ4v) is 1.90. The molecule has 0 spiro atoms. The summed E-state index contributed by atoms with van der Waals surface area (Å²) in [4.78, 5) is 14.1. The molecule has 2 N–H and O–H groups in total. The number of aromatic amines is 1.